The second-order valence-electron chi connectivity index (χ2n) is 5.97. The molecule has 0 aromatic carbocycles. The normalized spacial score (nSPS) is 29.2. The van der Waals surface area contributed by atoms with Gasteiger partial charge in [0.15, 0.2) is 5.78 Å². The Morgan fingerprint density at radius 2 is 2.11 bits per heavy atom. The van der Waals surface area contributed by atoms with Crippen molar-refractivity contribution >= 4 is 11.8 Å². The number of esters is 1. The van der Waals surface area contributed by atoms with Gasteiger partial charge in [-0.1, -0.05) is 6.92 Å². The lowest BCUT2D eigenvalue weighted by Crippen LogP contribution is -2.46. The molecule has 0 heterocycles. The number of hydrogen-bond donors (Lipinski definition) is 0. The third-order valence-electron chi connectivity index (χ3n) is 3.94. The lowest BCUT2D eigenvalue weighted by molar-refractivity contribution is -0.178. The molecule has 0 spiro atoms. The first kappa shape index (κ1) is 15.2. The Kier molecular flexibility index (Phi) is 4.54. The molecule has 2 atom stereocenters. The fraction of sp³-hybridized carbons (Fsp3) is 0.857. The summed E-state index contributed by atoms with van der Waals surface area (Å²) in [5.74, 6) is -0.0996. The van der Waals surface area contributed by atoms with Crippen LogP contribution in [0.15, 0.2) is 0 Å². The molecule has 1 aliphatic carbocycles. The molecule has 0 amide bonds. The summed E-state index contributed by atoms with van der Waals surface area (Å²) >= 11 is 0. The molecule has 2 unspecified atom stereocenters. The molecule has 1 aliphatic rings. The van der Waals surface area contributed by atoms with Crippen molar-refractivity contribution in [2.24, 2.45) is 5.41 Å². The SMILES string of the molecule is CCC(C)(C)C(=O)OC1(C)CCC(=O)C(OC)C1. The van der Waals surface area contributed by atoms with Gasteiger partial charge >= 0.3 is 5.97 Å². The Labute approximate surface area is 109 Å². The van der Waals surface area contributed by atoms with Crippen molar-refractivity contribution in [3.63, 3.8) is 0 Å². The maximum Gasteiger partial charge on any atom is 0.312 e. The van der Waals surface area contributed by atoms with Gasteiger partial charge in [0.1, 0.15) is 11.7 Å². The van der Waals surface area contributed by atoms with Crippen molar-refractivity contribution in [3.8, 4) is 0 Å². The number of hydrogen-bond acceptors (Lipinski definition) is 4. The van der Waals surface area contributed by atoms with Crippen LogP contribution >= 0.6 is 0 Å². The first-order chi connectivity index (χ1) is 8.24. The average molecular weight is 256 g/mol. The Balaban J connectivity index is 2.71. The van der Waals surface area contributed by atoms with Gasteiger partial charge in [0.05, 0.1) is 5.41 Å². The van der Waals surface area contributed by atoms with Crippen molar-refractivity contribution in [2.75, 3.05) is 7.11 Å². The number of carbonyl (C=O) groups excluding carboxylic acids is 2. The maximum absolute atomic E-state index is 12.1. The van der Waals surface area contributed by atoms with Crippen LogP contribution in [0.4, 0.5) is 0 Å². The van der Waals surface area contributed by atoms with Gasteiger partial charge in [-0.05, 0) is 33.6 Å². The molecule has 0 radical (unpaired) electrons. The van der Waals surface area contributed by atoms with Gasteiger partial charge in [0, 0.05) is 20.0 Å². The van der Waals surface area contributed by atoms with Gasteiger partial charge in [-0.3, -0.25) is 9.59 Å². The van der Waals surface area contributed by atoms with Crippen LogP contribution in [0.3, 0.4) is 0 Å². The van der Waals surface area contributed by atoms with E-state index in [4.69, 9.17) is 9.47 Å². The highest BCUT2D eigenvalue weighted by Gasteiger charge is 2.42. The van der Waals surface area contributed by atoms with E-state index in [0.29, 0.717) is 19.3 Å². The summed E-state index contributed by atoms with van der Waals surface area (Å²) in [7, 11) is 1.52. The number of carbonyl (C=O) groups is 2. The molecule has 0 aromatic heterocycles. The van der Waals surface area contributed by atoms with E-state index < -0.39 is 17.1 Å². The molecular weight excluding hydrogens is 232 g/mol. The average Bonchev–Trinajstić information content (AvgIpc) is 2.32. The van der Waals surface area contributed by atoms with E-state index in [1.165, 1.54) is 7.11 Å². The molecule has 1 fully saturated rings. The molecule has 18 heavy (non-hydrogen) atoms. The molecule has 0 N–H and O–H groups in total. The second kappa shape index (κ2) is 5.39. The number of methoxy groups -OCH3 is 1. The largest absolute Gasteiger partial charge is 0.459 e. The zero-order valence-corrected chi connectivity index (χ0v) is 12.0. The van der Waals surface area contributed by atoms with E-state index in [9.17, 15) is 9.59 Å². The molecule has 0 bridgehead atoms. The van der Waals surface area contributed by atoms with Gasteiger partial charge < -0.3 is 9.47 Å². The Hall–Kier alpha value is -0.900. The number of ketones is 1. The fourth-order valence-electron chi connectivity index (χ4n) is 1.97. The summed E-state index contributed by atoms with van der Waals surface area (Å²) in [5, 5.41) is 0. The monoisotopic (exact) mass is 256 g/mol. The molecule has 0 saturated heterocycles. The summed E-state index contributed by atoms with van der Waals surface area (Å²) < 4.78 is 10.8. The molecule has 1 rings (SSSR count). The predicted molar refractivity (Wildman–Crippen MR) is 68.2 cm³/mol. The van der Waals surface area contributed by atoms with Gasteiger partial charge in [-0.25, -0.2) is 0 Å². The Morgan fingerprint density at radius 1 is 1.50 bits per heavy atom. The molecule has 0 aromatic rings. The van der Waals surface area contributed by atoms with Crippen molar-refractivity contribution in [1.29, 1.82) is 0 Å². The summed E-state index contributed by atoms with van der Waals surface area (Å²) in [6, 6.07) is 0. The molecular formula is C14H24O4. The van der Waals surface area contributed by atoms with Crippen molar-refractivity contribution in [1.82, 2.24) is 0 Å². The standard InChI is InChI=1S/C14H24O4/c1-6-13(2,3)12(16)18-14(4)8-7-10(15)11(9-14)17-5/h11H,6-9H2,1-5H3. The summed E-state index contributed by atoms with van der Waals surface area (Å²) in [6.45, 7) is 7.60. The third kappa shape index (κ3) is 3.31. The molecule has 4 nitrogen and oxygen atoms in total. The minimum Gasteiger partial charge on any atom is -0.459 e. The molecule has 4 heteroatoms. The number of rotatable bonds is 4. The zero-order chi connectivity index (χ0) is 14.0. The highest BCUT2D eigenvalue weighted by atomic mass is 16.6. The van der Waals surface area contributed by atoms with E-state index >= 15 is 0 Å². The highest BCUT2D eigenvalue weighted by Crippen LogP contribution is 2.34. The van der Waals surface area contributed by atoms with Crippen LogP contribution in [-0.2, 0) is 19.1 Å². The van der Waals surface area contributed by atoms with Gasteiger partial charge in [-0.15, -0.1) is 0 Å². The molecule has 1 saturated carbocycles. The quantitative estimate of drug-likeness (QED) is 0.725. The lowest BCUT2D eigenvalue weighted by atomic mass is 9.82. The maximum atomic E-state index is 12.1. The van der Waals surface area contributed by atoms with Crippen LogP contribution in [-0.4, -0.2) is 30.6 Å². The van der Waals surface area contributed by atoms with Crippen LogP contribution in [0.5, 0.6) is 0 Å². The van der Waals surface area contributed by atoms with Gasteiger partial charge in [-0.2, -0.15) is 0 Å². The van der Waals surface area contributed by atoms with Crippen LogP contribution in [0.25, 0.3) is 0 Å². The van der Waals surface area contributed by atoms with Crippen molar-refractivity contribution in [3.05, 3.63) is 0 Å². The highest BCUT2D eigenvalue weighted by molar-refractivity contribution is 5.84. The first-order valence-corrected chi connectivity index (χ1v) is 6.53. The minimum atomic E-state index is -0.585. The first-order valence-electron chi connectivity index (χ1n) is 6.53. The fourth-order valence-corrected chi connectivity index (χ4v) is 1.97. The van der Waals surface area contributed by atoms with Crippen molar-refractivity contribution < 1.29 is 19.1 Å². The lowest BCUT2D eigenvalue weighted by Gasteiger charge is -2.38. The van der Waals surface area contributed by atoms with Crippen LogP contribution in [0.1, 0.15) is 53.4 Å². The smallest absolute Gasteiger partial charge is 0.312 e. The Bertz CT molecular complexity index is 335. The van der Waals surface area contributed by atoms with Gasteiger partial charge in [0.2, 0.25) is 0 Å². The topological polar surface area (TPSA) is 52.6 Å². The van der Waals surface area contributed by atoms with Crippen molar-refractivity contribution in [2.45, 2.75) is 65.1 Å². The summed E-state index contributed by atoms with van der Waals surface area (Å²) in [5.41, 5.74) is -1.06. The van der Waals surface area contributed by atoms with E-state index in [1.807, 2.05) is 27.7 Å². The molecule has 104 valence electrons. The molecule has 0 aliphatic heterocycles. The van der Waals surface area contributed by atoms with Crippen LogP contribution in [0, 0.1) is 5.41 Å². The van der Waals surface area contributed by atoms with Crippen LogP contribution in [0.2, 0.25) is 0 Å². The summed E-state index contributed by atoms with van der Waals surface area (Å²) in [6.07, 6.45) is 1.73. The number of Topliss-reactive ketones (excluding diaryl/α,β-unsaturated/α-hetero) is 1. The van der Waals surface area contributed by atoms with Crippen LogP contribution < -0.4 is 0 Å². The van der Waals surface area contributed by atoms with E-state index in [2.05, 4.69) is 0 Å². The summed E-state index contributed by atoms with van der Waals surface area (Å²) in [4.78, 5) is 23.7. The van der Waals surface area contributed by atoms with Gasteiger partial charge in [0.25, 0.3) is 0 Å². The third-order valence-corrected chi connectivity index (χ3v) is 3.94. The zero-order valence-electron chi connectivity index (χ0n) is 12.0. The second-order valence-corrected chi connectivity index (χ2v) is 5.97. The van der Waals surface area contributed by atoms with E-state index in [0.717, 1.165) is 6.42 Å². The van der Waals surface area contributed by atoms with E-state index in [-0.39, 0.29) is 11.8 Å². The number of ether oxygens (including phenoxy) is 2. The minimum absolute atomic E-state index is 0.0979. The van der Waals surface area contributed by atoms with E-state index in [1.54, 1.807) is 0 Å². The Morgan fingerprint density at radius 3 is 2.61 bits per heavy atom. The predicted octanol–water partition coefficient (Wildman–Crippen LogP) is 2.49.